The van der Waals surface area contributed by atoms with E-state index in [2.05, 4.69) is 0 Å². The highest BCUT2D eigenvalue weighted by molar-refractivity contribution is 8.13. The first-order valence-corrected chi connectivity index (χ1v) is 6.44. The van der Waals surface area contributed by atoms with Crippen molar-refractivity contribution in [1.82, 2.24) is 0 Å². The molecule has 13 heavy (non-hydrogen) atoms. The zero-order chi connectivity index (χ0) is 9.90. The zero-order valence-electron chi connectivity index (χ0n) is 7.27. The molecule has 2 nitrogen and oxygen atoms in total. The first kappa shape index (κ1) is 10.5. The van der Waals surface area contributed by atoms with Crippen molar-refractivity contribution in [2.45, 2.75) is 12.8 Å². The summed E-state index contributed by atoms with van der Waals surface area (Å²) >= 11 is 0. The highest BCUT2D eigenvalue weighted by Gasteiger charge is 2.13. The molecule has 1 atom stereocenters. The Labute approximate surface area is 83.0 Å². The molecule has 0 aliphatic carbocycles. The Kier molecular flexibility index (Phi) is 3.33. The summed E-state index contributed by atoms with van der Waals surface area (Å²) in [5.74, 6) is -0.0674. The van der Waals surface area contributed by atoms with E-state index in [1.54, 1.807) is 0 Å². The molecule has 0 spiro atoms. The summed E-state index contributed by atoms with van der Waals surface area (Å²) in [6, 6.07) is 9.45. The van der Waals surface area contributed by atoms with Crippen LogP contribution < -0.4 is 0 Å². The van der Waals surface area contributed by atoms with E-state index in [0.717, 1.165) is 5.56 Å². The number of benzene rings is 1. The fraction of sp³-hybridized carbons (Fsp3) is 0.333. The van der Waals surface area contributed by atoms with Gasteiger partial charge in [-0.25, -0.2) is 8.42 Å². The Balaban J connectivity index is 2.76. The van der Waals surface area contributed by atoms with Gasteiger partial charge in [-0.3, -0.25) is 0 Å². The Morgan fingerprint density at radius 2 is 1.85 bits per heavy atom. The second-order valence-electron chi connectivity index (χ2n) is 3.02. The molecule has 1 aromatic rings. The maximum absolute atomic E-state index is 10.8. The smallest absolute Gasteiger partial charge is 0.212 e. The first-order valence-electron chi connectivity index (χ1n) is 3.96. The highest BCUT2D eigenvalue weighted by atomic mass is 35.7. The summed E-state index contributed by atoms with van der Waals surface area (Å²) < 4.78 is 21.6. The standard InChI is InChI=1S/C9H11ClO2S/c1-8(7-13(10,11)12)9-5-3-2-4-6-9/h2-6,8H,7H2,1H3/t8-/m0/s1. The van der Waals surface area contributed by atoms with E-state index in [4.69, 9.17) is 10.7 Å². The van der Waals surface area contributed by atoms with Crippen LogP contribution >= 0.6 is 10.7 Å². The van der Waals surface area contributed by atoms with Crippen molar-refractivity contribution in [1.29, 1.82) is 0 Å². The molecule has 0 N–H and O–H groups in total. The molecule has 1 rings (SSSR count). The van der Waals surface area contributed by atoms with E-state index in [1.165, 1.54) is 0 Å². The fourth-order valence-electron chi connectivity index (χ4n) is 1.18. The molecule has 72 valence electrons. The zero-order valence-corrected chi connectivity index (χ0v) is 8.85. The van der Waals surface area contributed by atoms with Crippen LogP contribution in [0.5, 0.6) is 0 Å². The summed E-state index contributed by atoms with van der Waals surface area (Å²) in [6.07, 6.45) is 0. The SMILES string of the molecule is C[C@@H](CS(=O)(=O)Cl)c1ccccc1. The molecule has 0 fully saturated rings. The van der Waals surface area contributed by atoms with Crippen LogP contribution in [0.1, 0.15) is 18.4 Å². The van der Waals surface area contributed by atoms with Gasteiger partial charge in [0.25, 0.3) is 0 Å². The van der Waals surface area contributed by atoms with Gasteiger partial charge in [-0.1, -0.05) is 37.3 Å². The molecule has 0 aliphatic heterocycles. The van der Waals surface area contributed by atoms with Crippen molar-refractivity contribution in [2.75, 3.05) is 5.75 Å². The highest BCUT2D eigenvalue weighted by Crippen LogP contribution is 2.17. The third-order valence-corrected chi connectivity index (χ3v) is 3.09. The molecule has 0 aromatic heterocycles. The molecule has 0 amide bonds. The second kappa shape index (κ2) is 4.11. The Hall–Kier alpha value is -0.540. The van der Waals surface area contributed by atoms with E-state index < -0.39 is 9.05 Å². The number of hydrogen-bond donors (Lipinski definition) is 0. The normalized spacial score (nSPS) is 14.0. The van der Waals surface area contributed by atoms with Crippen LogP contribution in [0.15, 0.2) is 30.3 Å². The molecule has 0 radical (unpaired) electrons. The van der Waals surface area contributed by atoms with Gasteiger partial charge in [-0.2, -0.15) is 0 Å². The van der Waals surface area contributed by atoms with Crippen molar-refractivity contribution in [2.24, 2.45) is 0 Å². The van der Waals surface area contributed by atoms with Gasteiger partial charge in [0, 0.05) is 10.7 Å². The average Bonchev–Trinajstić information content (AvgIpc) is 2.03. The van der Waals surface area contributed by atoms with Crippen molar-refractivity contribution >= 4 is 19.7 Å². The average molecular weight is 219 g/mol. The van der Waals surface area contributed by atoms with Crippen LogP contribution in [-0.2, 0) is 9.05 Å². The minimum atomic E-state index is -3.40. The molecule has 0 unspecified atom stereocenters. The monoisotopic (exact) mass is 218 g/mol. The second-order valence-corrected chi connectivity index (χ2v) is 5.84. The topological polar surface area (TPSA) is 34.1 Å². The Morgan fingerprint density at radius 1 is 1.31 bits per heavy atom. The minimum absolute atomic E-state index is 0.0153. The molecule has 0 bridgehead atoms. The van der Waals surface area contributed by atoms with Gasteiger partial charge < -0.3 is 0 Å². The largest absolute Gasteiger partial charge is 0.233 e. The van der Waals surface area contributed by atoms with E-state index in [-0.39, 0.29) is 11.7 Å². The number of halogens is 1. The van der Waals surface area contributed by atoms with Crippen molar-refractivity contribution in [3.63, 3.8) is 0 Å². The predicted molar refractivity (Wildman–Crippen MR) is 54.5 cm³/mol. The van der Waals surface area contributed by atoms with Crippen molar-refractivity contribution in [3.05, 3.63) is 35.9 Å². The quantitative estimate of drug-likeness (QED) is 0.730. The van der Waals surface area contributed by atoms with Gasteiger partial charge in [-0.15, -0.1) is 0 Å². The molecule has 4 heteroatoms. The third-order valence-electron chi connectivity index (χ3n) is 1.82. The van der Waals surface area contributed by atoms with Crippen LogP contribution in [0, 0.1) is 0 Å². The minimum Gasteiger partial charge on any atom is -0.212 e. The van der Waals surface area contributed by atoms with Crippen LogP contribution in [0.4, 0.5) is 0 Å². The lowest BCUT2D eigenvalue weighted by Gasteiger charge is -2.08. The molecule has 0 saturated heterocycles. The third kappa shape index (κ3) is 3.79. The van der Waals surface area contributed by atoms with Crippen LogP contribution in [0.2, 0.25) is 0 Å². The molecule has 1 aromatic carbocycles. The van der Waals surface area contributed by atoms with Gasteiger partial charge in [0.2, 0.25) is 9.05 Å². The summed E-state index contributed by atoms with van der Waals surface area (Å²) in [5.41, 5.74) is 0.992. The van der Waals surface area contributed by atoms with Gasteiger partial charge in [-0.05, 0) is 11.5 Å². The van der Waals surface area contributed by atoms with Crippen molar-refractivity contribution in [3.8, 4) is 0 Å². The van der Waals surface area contributed by atoms with Crippen LogP contribution in [0.25, 0.3) is 0 Å². The summed E-state index contributed by atoms with van der Waals surface area (Å²) in [7, 11) is 1.75. The fourth-order valence-corrected chi connectivity index (χ4v) is 2.53. The van der Waals surface area contributed by atoms with E-state index in [0.29, 0.717) is 0 Å². The Morgan fingerprint density at radius 3 is 2.31 bits per heavy atom. The summed E-state index contributed by atoms with van der Waals surface area (Å²) in [5, 5.41) is 0. The lowest BCUT2D eigenvalue weighted by atomic mass is 10.0. The molecule has 0 saturated carbocycles. The molecular formula is C9H11ClO2S. The maximum Gasteiger partial charge on any atom is 0.233 e. The van der Waals surface area contributed by atoms with Gasteiger partial charge in [0.1, 0.15) is 0 Å². The predicted octanol–water partition coefficient (Wildman–Crippen LogP) is 2.36. The van der Waals surface area contributed by atoms with Crippen LogP contribution in [0.3, 0.4) is 0 Å². The van der Waals surface area contributed by atoms with Crippen molar-refractivity contribution < 1.29 is 8.42 Å². The molecule has 0 heterocycles. The maximum atomic E-state index is 10.8. The lowest BCUT2D eigenvalue weighted by molar-refractivity contribution is 0.604. The van der Waals surface area contributed by atoms with Crippen LogP contribution in [-0.4, -0.2) is 14.2 Å². The van der Waals surface area contributed by atoms with Gasteiger partial charge >= 0.3 is 0 Å². The summed E-state index contributed by atoms with van der Waals surface area (Å²) in [6.45, 7) is 1.84. The van der Waals surface area contributed by atoms with Gasteiger partial charge in [0.05, 0.1) is 5.75 Å². The number of hydrogen-bond acceptors (Lipinski definition) is 2. The van der Waals surface area contributed by atoms with E-state index in [1.807, 2.05) is 37.3 Å². The van der Waals surface area contributed by atoms with E-state index >= 15 is 0 Å². The first-order chi connectivity index (χ1) is 5.99. The summed E-state index contributed by atoms with van der Waals surface area (Å²) in [4.78, 5) is 0. The van der Waals surface area contributed by atoms with E-state index in [9.17, 15) is 8.42 Å². The number of rotatable bonds is 3. The lowest BCUT2D eigenvalue weighted by Crippen LogP contribution is -2.06. The molecular weight excluding hydrogens is 208 g/mol. The Bertz CT molecular complexity index is 358. The van der Waals surface area contributed by atoms with Gasteiger partial charge in [0.15, 0.2) is 0 Å². The molecule has 0 aliphatic rings.